The third-order valence-corrected chi connectivity index (χ3v) is 4.11. The largest absolute Gasteiger partial charge is 0.362 e. The van der Waals surface area contributed by atoms with Crippen LogP contribution >= 0.6 is 23.8 Å². The Kier molecular flexibility index (Phi) is 4.79. The molecule has 0 radical (unpaired) electrons. The number of thiocarbonyl (C=S) groups is 1. The first-order valence-corrected chi connectivity index (χ1v) is 7.97. The Morgan fingerprint density at radius 1 is 1.22 bits per heavy atom. The van der Waals surface area contributed by atoms with E-state index < -0.39 is 0 Å². The van der Waals surface area contributed by atoms with Crippen LogP contribution in [0.25, 0.3) is 10.9 Å². The number of halogens is 2. The number of hydrogen-bond donors (Lipinski definition) is 3. The fourth-order valence-corrected chi connectivity index (χ4v) is 2.80. The summed E-state index contributed by atoms with van der Waals surface area (Å²) in [4.78, 5) is 3.08. The van der Waals surface area contributed by atoms with Crippen LogP contribution in [0.5, 0.6) is 0 Å². The van der Waals surface area contributed by atoms with Crippen LogP contribution in [-0.4, -0.2) is 16.6 Å². The number of anilines is 1. The number of nitrogens with one attached hydrogen (secondary N) is 3. The van der Waals surface area contributed by atoms with Crippen LogP contribution < -0.4 is 10.6 Å². The predicted octanol–water partition coefficient (Wildman–Crippen LogP) is 4.49. The van der Waals surface area contributed by atoms with E-state index in [1.165, 1.54) is 12.1 Å². The van der Waals surface area contributed by atoms with Crippen molar-refractivity contribution in [2.24, 2.45) is 0 Å². The molecule has 0 aliphatic heterocycles. The first kappa shape index (κ1) is 15.8. The van der Waals surface area contributed by atoms with Gasteiger partial charge in [0.2, 0.25) is 0 Å². The molecule has 6 heteroatoms. The molecule has 3 N–H and O–H groups in total. The lowest BCUT2D eigenvalue weighted by molar-refractivity contribution is 0.629. The second-order valence-corrected chi connectivity index (χ2v) is 5.93. The van der Waals surface area contributed by atoms with Crippen LogP contribution in [0.1, 0.15) is 5.56 Å². The van der Waals surface area contributed by atoms with E-state index in [1.807, 2.05) is 24.4 Å². The summed E-state index contributed by atoms with van der Waals surface area (Å²) in [5.74, 6) is -0.242. The van der Waals surface area contributed by atoms with Gasteiger partial charge in [-0.1, -0.05) is 23.7 Å². The summed E-state index contributed by atoms with van der Waals surface area (Å²) in [6, 6.07) is 12.2. The van der Waals surface area contributed by atoms with E-state index in [0.717, 1.165) is 28.6 Å². The second-order valence-electron chi connectivity index (χ2n) is 5.11. The Morgan fingerprint density at radius 2 is 2.04 bits per heavy atom. The maximum atomic E-state index is 13.2. The van der Waals surface area contributed by atoms with Crippen LogP contribution in [0.15, 0.2) is 48.7 Å². The monoisotopic (exact) mass is 347 g/mol. The molecule has 23 heavy (non-hydrogen) atoms. The normalized spacial score (nSPS) is 10.7. The Hall–Kier alpha value is -2.11. The van der Waals surface area contributed by atoms with Crippen LogP contribution in [0.4, 0.5) is 10.1 Å². The van der Waals surface area contributed by atoms with Gasteiger partial charge in [0.05, 0.1) is 10.7 Å². The van der Waals surface area contributed by atoms with Crippen LogP contribution in [0.3, 0.4) is 0 Å². The molecule has 3 aromatic rings. The average molecular weight is 348 g/mol. The number of rotatable bonds is 4. The first-order valence-electron chi connectivity index (χ1n) is 7.18. The van der Waals surface area contributed by atoms with Crippen molar-refractivity contribution in [1.82, 2.24) is 10.3 Å². The lowest BCUT2D eigenvalue weighted by Crippen LogP contribution is -2.30. The molecule has 3 nitrogen and oxygen atoms in total. The molecule has 1 heterocycles. The van der Waals surface area contributed by atoms with Crippen molar-refractivity contribution in [1.29, 1.82) is 0 Å². The highest BCUT2D eigenvalue weighted by Gasteiger charge is 2.05. The van der Waals surface area contributed by atoms with Crippen LogP contribution in [0, 0.1) is 5.82 Å². The Bertz CT molecular complexity index is 847. The van der Waals surface area contributed by atoms with Gasteiger partial charge in [0, 0.05) is 23.6 Å². The van der Waals surface area contributed by atoms with Crippen LogP contribution in [-0.2, 0) is 6.42 Å². The van der Waals surface area contributed by atoms with E-state index in [0.29, 0.717) is 16.7 Å². The molecule has 2 aromatic carbocycles. The van der Waals surface area contributed by atoms with E-state index >= 15 is 0 Å². The number of H-pyrrole nitrogens is 1. The number of para-hydroxylation sites is 1. The number of aromatic nitrogens is 1. The third kappa shape index (κ3) is 3.81. The molecule has 0 bridgehead atoms. The minimum atomic E-state index is -0.242. The molecule has 0 saturated heterocycles. The lowest BCUT2D eigenvalue weighted by Gasteiger charge is -2.11. The average Bonchev–Trinajstić information content (AvgIpc) is 2.92. The molecular formula is C17H15ClFN3S. The van der Waals surface area contributed by atoms with Gasteiger partial charge in [-0.3, -0.25) is 0 Å². The van der Waals surface area contributed by atoms with E-state index in [2.05, 4.69) is 15.6 Å². The maximum absolute atomic E-state index is 13.2. The van der Waals surface area contributed by atoms with Crippen molar-refractivity contribution in [2.75, 3.05) is 11.9 Å². The van der Waals surface area contributed by atoms with Gasteiger partial charge in [0.15, 0.2) is 5.11 Å². The highest BCUT2D eigenvalue weighted by atomic mass is 35.5. The summed E-state index contributed by atoms with van der Waals surface area (Å²) in [5.41, 5.74) is 2.69. The Balaban J connectivity index is 1.56. The summed E-state index contributed by atoms with van der Waals surface area (Å²) >= 11 is 11.3. The highest BCUT2D eigenvalue weighted by molar-refractivity contribution is 7.80. The van der Waals surface area contributed by atoms with Gasteiger partial charge < -0.3 is 15.6 Å². The molecule has 0 unspecified atom stereocenters. The molecule has 3 rings (SSSR count). The predicted molar refractivity (Wildman–Crippen MR) is 97.6 cm³/mol. The molecule has 0 amide bonds. The van der Waals surface area contributed by atoms with Gasteiger partial charge in [-0.25, -0.2) is 4.39 Å². The molecule has 1 aromatic heterocycles. The summed E-state index contributed by atoms with van der Waals surface area (Å²) in [5, 5.41) is 8.38. The molecule has 0 saturated carbocycles. The van der Waals surface area contributed by atoms with Gasteiger partial charge in [-0.05, 0) is 54.5 Å². The fraction of sp³-hybridized carbons (Fsp3) is 0.118. The molecule has 0 fully saturated rings. The van der Waals surface area contributed by atoms with Crippen molar-refractivity contribution in [2.45, 2.75) is 6.42 Å². The summed E-state index contributed by atoms with van der Waals surface area (Å²) in [6.07, 6.45) is 2.67. The van der Waals surface area contributed by atoms with Gasteiger partial charge in [0.25, 0.3) is 0 Å². The molecule has 118 valence electrons. The number of hydrogen-bond acceptors (Lipinski definition) is 1. The van der Waals surface area contributed by atoms with Gasteiger partial charge in [-0.15, -0.1) is 0 Å². The minimum Gasteiger partial charge on any atom is -0.362 e. The Morgan fingerprint density at radius 3 is 2.87 bits per heavy atom. The van der Waals surface area contributed by atoms with Crippen LogP contribution in [0.2, 0.25) is 5.02 Å². The second kappa shape index (κ2) is 6.98. The van der Waals surface area contributed by atoms with Crippen molar-refractivity contribution in [3.8, 4) is 0 Å². The third-order valence-electron chi connectivity index (χ3n) is 3.53. The van der Waals surface area contributed by atoms with E-state index in [-0.39, 0.29) is 5.82 Å². The molecule has 0 spiro atoms. The van der Waals surface area contributed by atoms with Crippen molar-refractivity contribution in [3.63, 3.8) is 0 Å². The summed E-state index contributed by atoms with van der Waals surface area (Å²) in [6.45, 7) is 0.667. The van der Waals surface area contributed by atoms with E-state index in [9.17, 15) is 4.39 Å². The molecule has 0 atom stereocenters. The number of benzene rings is 2. The number of fused-ring (bicyclic) bond motifs is 1. The van der Waals surface area contributed by atoms with Gasteiger partial charge >= 0.3 is 0 Å². The first-order chi connectivity index (χ1) is 11.1. The van der Waals surface area contributed by atoms with Crippen molar-refractivity contribution < 1.29 is 4.39 Å². The van der Waals surface area contributed by atoms with E-state index in [1.54, 1.807) is 12.1 Å². The zero-order valence-electron chi connectivity index (χ0n) is 12.2. The zero-order chi connectivity index (χ0) is 16.2. The fourth-order valence-electron chi connectivity index (χ4n) is 2.41. The standard InChI is InChI=1S/C17H15ClFN3S/c18-14-3-1-2-4-15(14)22-17(23)20-8-7-11-10-21-16-9-12(19)5-6-13(11)16/h1-6,9-10,21H,7-8H2,(H2,20,22,23). The smallest absolute Gasteiger partial charge is 0.170 e. The summed E-state index contributed by atoms with van der Waals surface area (Å²) < 4.78 is 13.2. The topological polar surface area (TPSA) is 39.8 Å². The highest BCUT2D eigenvalue weighted by Crippen LogP contribution is 2.21. The van der Waals surface area contributed by atoms with E-state index in [4.69, 9.17) is 23.8 Å². The molecule has 0 aliphatic rings. The van der Waals surface area contributed by atoms with Gasteiger partial charge in [0.1, 0.15) is 5.82 Å². The maximum Gasteiger partial charge on any atom is 0.170 e. The lowest BCUT2D eigenvalue weighted by atomic mass is 10.1. The minimum absolute atomic E-state index is 0.242. The molecular weight excluding hydrogens is 333 g/mol. The zero-order valence-corrected chi connectivity index (χ0v) is 13.8. The molecule has 0 aliphatic carbocycles. The van der Waals surface area contributed by atoms with Crippen molar-refractivity contribution >= 4 is 45.5 Å². The van der Waals surface area contributed by atoms with Crippen molar-refractivity contribution in [3.05, 3.63) is 65.1 Å². The SMILES string of the molecule is Fc1ccc2c(CCNC(=S)Nc3ccccc3Cl)c[nH]c2c1. The number of aromatic amines is 1. The quantitative estimate of drug-likeness (QED) is 0.609. The van der Waals surface area contributed by atoms with Gasteiger partial charge in [-0.2, -0.15) is 0 Å². The summed E-state index contributed by atoms with van der Waals surface area (Å²) in [7, 11) is 0. The Labute approximate surface area is 143 Å².